The molecule has 0 bridgehead atoms. The lowest BCUT2D eigenvalue weighted by Crippen LogP contribution is -2.58. The number of esters is 1. The molecule has 1 saturated carbocycles. The van der Waals surface area contributed by atoms with Gasteiger partial charge in [-0.2, -0.15) is 0 Å². The van der Waals surface area contributed by atoms with Gasteiger partial charge in [0.05, 0.1) is 6.61 Å². The number of piperidine rings is 1. The monoisotopic (exact) mass is 323 g/mol. The van der Waals surface area contributed by atoms with Crippen molar-refractivity contribution in [1.82, 2.24) is 5.32 Å². The molecule has 1 spiro atoms. The van der Waals surface area contributed by atoms with Crippen molar-refractivity contribution in [2.24, 2.45) is 11.3 Å². The highest BCUT2D eigenvalue weighted by Crippen LogP contribution is 2.56. The van der Waals surface area contributed by atoms with Gasteiger partial charge in [-0.25, -0.2) is 0 Å². The first-order valence-corrected chi connectivity index (χ1v) is 9.13. The molecule has 2 aliphatic carbocycles. The second-order valence-corrected chi connectivity index (χ2v) is 7.14. The minimum Gasteiger partial charge on any atom is -0.465 e. The summed E-state index contributed by atoms with van der Waals surface area (Å²) < 4.78 is 5.45. The van der Waals surface area contributed by atoms with E-state index in [9.17, 15) is 4.79 Å². The van der Waals surface area contributed by atoms with Crippen molar-refractivity contribution in [3.63, 3.8) is 0 Å². The number of hydrogen-bond acceptors (Lipinski definition) is 3. The van der Waals surface area contributed by atoms with Gasteiger partial charge in [0.25, 0.3) is 0 Å². The Hall–Kier alpha value is -1.87. The van der Waals surface area contributed by atoms with Crippen LogP contribution in [0.15, 0.2) is 54.1 Å². The van der Waals surface area contributed by atoms with Crippen LogP contribution in [0.4, 0.5) is 0 Å². The van der Waals surface area contributed by atoms with Crippen molar-refractivity contribution in [2.75, 3.05) is 6.61 Å². The van der Waals surface area contributed by atoms with E-state index in [1.165, 1.54) is 24.0 Å². The molecule has 3 aliphatic rings. The summed E-state index contributed by atoms with van der Waals surface area (Å²) in [5, 5.41) is 3.69. The van der Waals surface area contributed by atoms with Crippen molar-refractivity contribution < 1.29 is 9.53 Å². The highest BCUT2D eigenvalue weighted by Gasteiger charge is 2.55. The lowest BCUT2D eigenvalue weighted by atomic mass is 9.63. The standard InChI is InChI=1S/C21H25NO2/c1-2-24-20(23)19-21(13-6-7-14-21)17-12-8-11-16(17)18(22-19)15-9-4-3-5-10-15/h3-5,8-12,16,18-19,22H,2,6-7,13-14H2,1H3/t16-,18+,19-/m1/s1. The molecule has 24 heavy (non-hydrogen) atoms. The molecule has 0 radical (unpaired) electrons. The van der Waals surface area contributed by atoms with E-state index in [1.54, 1.807) is 0 Å². The number of nitrogens with one attached hydrogen (secondary N) is 1. The van der Waals surface area contributed by atoms with Crippen LogP contribution < -0.4 is 5.32 Å². The minimum atomic E-state index is -0.243. The van der Waals surface area contributed by atoms with Gasteiger partial charge >= 0.3 is 5.97 Å². The summed E-state index contributed by atoms with van der Waals surface area (Å²) in [7, 11) is 0. The van der Waals surface area contributed by atoms with Crippen molar-refractivity contribution in [3.05, 3.63) is 59.7 Å². The maximum atomic E-state index is 12.8. The predicted molar refractivity (Wildman–Crippen MR) is 94.4 cm³/mol. The Bertz CT molecular complexity index is 670. The van der Waals surface area contributed by atoms with Crippen LogP contribution in [-0.2, 0) is 9.53 Å². The van der Waals surface area contributed by atoms with Gasteiger partial charge in [0.15, 0.2) is 0 Å². The van der Waals surface area contributed by atoms with Crippen molar-refractivity contribution >= 4 is 5.97 Å². The molecule has 1 N–H and O–H groups in total. The lowest BCUT2D eigenvalue weighted by Gasteiger charge is -2.48. The summed E-state index contributed by atoms with van der Waals surface area (Å²) in [5.74, 6) is 0.253. The first-order chi connectivity index (χ1) is 11.8. The molecule has 0 unspecified atom stereocenters. The van der Waals surface area contributed by atoms with Gasteiger partial charge in [0.2, 0.25) is 0 Å². The molecule has 1 heterocycles. The van der Waals surface area contributed by atoms with Gasteiger partial charge in [-0.3, -0.25) is 10.1 Å². The van der Waals surface area contributed by atoms with Gasteiger partial charge in [-0.05, 0) is 25.3 Å². The van der Waals surface area contributed by atoms with Gasteiger partial charge in [0, 0.05) is 17.4 Å². The molecular weight excluding hydrogens is 298 g/mol. The number of hydrogen-bond donors (Lipinski definition) is 1. The number of ether oxygens (including phenoxy) is 1. The van der Waals surface area contributed by atoms with E-state index in [0.717, 1.165) is 12.8 Å². The van der Waals surface area contributed by atoms with Crippen LogP contribution in [0.3, 0.4) is 0 Å². The molecule has 3 heteroatoms. The average molecular weight is 323 g/mol. The maximum Gasteiger partial charge on any atom is 0.324 e. The second kappa shape index (κ2) is 6.21. The van der Waals surface area contributed by atoms with Gasteiger partial charge in [-0.15, -0.1) is 0 Å². The molecule has 0 aromatic heterocycles. The van der Waals surface area contributed by atoms with Crippen LogP contribution in [0.2, 0.25) is 0 Å². The summed E-state index contributed by atoms with van der Waals surface area (Å²) in [6.07, 6.45) is 11.3. The Labute approximate surface area is 143 Å². The Morgan fingerprint density at radius 3 is 2.71 bits per heavy atom. The molecule has 3 atom stereocenters. The third-order valence-electron chi connectivity index (χ3n) is 5.96. The molecule has 1 aliphatic heterocycles. The normalized spacial score (nSPS) is 30.2. The maximum absolute atomic E-state index is 12.8. The summed E-state index contributed by atoms with van der Waals surface area (Å²) in [6.45, 7) is 2.32. The lowest BCUT2D eigenvalue weighted by molar-refractivity contribution is -0.150. The second-order valence-electron chi connectivity index (χ2n) is 7.14. The molecule has 3 nitrogen and oxygen atoms in total. The first-order valence-electron chi connectivity index (χ1n) is 9.13. The largest absolute Gasteiger partial charge is 0.465 e. The van der Waals surface area contributed by atoms with E-state index in [0.29, 0.717) is 12.5 Å². The van der Waals surface area contributed by atoms with Crippen LogP contribution in [0.25, 0.3) is 0 Å². The molecular formula is C21H25NO2. The predicted octanol–water partition coefficient (Wildman–Crippen LogP) is 3.94. The van der Waals surface area contributed by atoms with Gasteiger partial charge < -0.3 is 4.74 Å². The van der Waals surface area contributed by atoms with E-state index in [2.05, 4.69) is 47.8 Å². The van der Waals surface area contributed by atoms with Crippen LogP contribution >= 0.6 is 0 Å². The topological polar surface area (TPSA) is 38.3 Å². The van der Waals surface area contributed by atoms with Gasteiger partial charge in [-0.1, -0.05) is 67.0 Å². The smallest absolute Gasteiger partial charge is 0.324 e. The van der Waals surface area contributed by atoms with Crippen molar-refractivity contribution in [2.45, 2.75) is 44.7 Å². The molecule has 4 rings (SSSR count). The van der Waals surface area contributed by atoms with E-state index < -0.39 is 0 Å². The summed E-state index contributed by atoms with van der Waals surface area (Å²) in [6, 6.07) is 10.4. The molecule has 2 fully saturated rings. The van der Waals surface area contributed by atoms with Crippen LogP contribution in [0.5, 0.6) is 0 Å². The van der Waals surface area contributed by atoms with Crippen molar-refractivity contribution in [1.29, 1.82) is 0 Å². The number of benzene rings is 1. The molecule has 1 aromatic carbocycles. The number of carbonyl (C=O) groups excluding carboxylic acids is 1. The van der Waals surface area contributed by atoms with E-state index in [-0.39, 0.29) is 23.5 Å². The zero-order valence-electron chi connectivity index (χ0n) is 14.2. The van der Waals surface area contributed by atoms with E-state index in [4.69, 9.17) is 4.74 Å². The third-order valence-corrected chi connectivity index (χ3v) is 5.96. The Balaban J connectivity index is 1.75. The number of allylic oxidation sites excluding steroid dienone is 2. The Morgan fingerprint density at radius 1 is 1.25 bits per heavy atom. The van der Waals surface area contributed by atoms with E-state index in [1.807, 2.05) is 13.0 Å². The number of rotatable bonds is 3. The molecule has 1 saturated heterocycles. The molecule has 0 amide bonds. The average Bonchev–Trinajstić information content (AvgIpc) is 3.27. The highest BCUT2D eigenvalue weighted by atomic mass is 16.5. The molecule has 1 aromatic rings. The highest BCUT2D eigenvalue weighted by molar-refractivity contribution is 5.79. The fourth-order valence-corrected chi connectivity index (χ4v) is 4.96. The summed E-state index contributed by atoms with van der Waals surface area (Å²) >= 11 is 0. The molecule has 126 valence electrons. The minimum absolute atomic E-state index is 0.0638. The van der Waals surface area contributed by atoms with Crippen molar-refractivity contribution in [3.8, 4) is 0 Å². The quantitative estimate of drug-likeness (QED) is 0.856. The summed E-state index contributed by atoms with van der Waals surface area (Å²) in [5.41, 5.74) is 2.61. The fourth-order valence-electron chi connectivity index (χ4n) is 4.96. The first kappa shape index (κ1) is 15.6. The zero-order chi connectivity index (χ0) is 16.6. The van der Waals surface area contributed by atoms with E-state index >= 15 is 0 Å². The Morgan fingerprint density at radius 2 is 2.00 bits per heavy atom. The fraction of sp³-hybridized carbons (Fsp3) is 0.476. The summed E-state index contributed by atoms with van der Waals surface area (Å²) in [4.78, 5) is 12.8. The SMILES string of the molecule is CCOC(=O)[C@H]1N[C@@H](c2ccccc2)[C@@H]2C=CC=C2C12CCCC2. The van der Waals surface area contributed by atoms with Crippen LogP contribution in [0.1, 0.15) is 44.2 Å². The zero-order valence-corrected chi connectivity index (χ0v) is 14.2. The number of carbonyl (C=O) groups is 1. The van der Waals surface area contributed by atoms with Gasteiger partial charge in [0.1, 0.15) is 6.04 Å². The van der Waals surface area contributed by atoms with Crippen LogP contribution in [0, 0.1) is 11.3 Å². The number of fused-ring (bicyclic) bond motifs is 2. The third kappa shape index (κ3) is 2.34. The Kier molecular flexibility index (Phi) is 4.05. The van der Waals surface area contributed by atoms with Crippen LogP contribution in [-0.4, -0.2) is 18.6 Å².